The van der Waals surface area contributed by atoms with Crippen LogP contribution in [0.25, 0.3) is 0 Å². The molecule has 0 saturated carbocycles. The zero-order valence-electron chi connectivity index (χ0n) is 10.8. The van der Waals surface area contributed by atoms with Gasteiger partial charge in [0.05, 0.1) is 25.2 Å². The predicted octanol–water partition coefficient (Wildman–Crippen LogP) is 1.55. The molecule has 1 saturated heterocycles. The number of carbonyl (C=O) groups excluding carboxylic acids is 1. The molecule has 0 radical (unpaired) electrons. The van der Waals surface area contributed by atoms with E-state index < -0.39 is 0 Å². The van der Waals surface area contributed by atoms with E-state index in [0.717, 1.165) is 6.54 Å². The highest BCUT2D eigenvalue weighted by atomic mass is 32.1. The van der Waals surface area contributed by atoms with Crippen molar-refractivity contribution in [3.63, 3.8) is 0 Å². The second-order valence-electron chi connectivity index (χ2n) is 4.55. The topological polar surface area (TPSA) is 50.4 Å². The monoisotopic (exact) mass is 268 g/mol. The van der Waals surface area contributed by atoms with E-state index >= 15 is 0 Å². The molecular weight excluding hydrogens is 248 g/mol. The fourth-order valence-corrected chi connectivity index (χ4v) is 2.94. The lowest BCUT2D eigenvalue weighted by Crippen LogP contribution is -2.44. The van der Waals surface area contributed by atoms with Crippen LogP contribution in [0, 0.1) is 5.92 Å². The number of hydrogen-bond acceptors (Lipinski definition) is 4. The highest BCUT2D eigenvalue weighted by molar-refractivity contribution is 7.10. The fraction of sp³-hybridized carbons (Fsp3) is 0.615. The van der Waals surface area contributed by atoms with E-state index in [1.54, 1.807) is 11.3 Å². The minimum Gasteiger partial charge on any atom is -0.379 e. The molecule has 4 nitrogen and oxygen atoms in total. The molecule has 2 N–H and O–H groups in total. The molecule has 1 aromatic heterocycles. The Morgan fingerprint density at radius 3 is 3.11 bits per heavy atom. The SMILES string of the molecule is CCNC1COCC1C(=O)N[C@@H](C)c1cccs1. The number of thiophene rings is 1. The Morgan fingerprint density at radius 2 is 2.44 bits per heavy atom. The van der Waals surface area contributed by atoms with Gasteiger partial charge < -0.3 is 15.4 Å². The van der Waals surface area contributed by atoms with Crippen LogP contribution in [0.4, 0.5) is 0 Å². The molecule has 1 aliphatic rings. The van der Waals surface area contributed by atoms with Crippen LogP contribution in [0.3, 0.4) is 0 Å². The summed E-state index contributed by atoms with van der Waals surface area (Å²) in [6.45, 7) is 6.06. The largest absolute Gasteiger partial charge is 0.379 e. The molecule has 1 aromatic rings. The number of likely N-dealkylation sites (N-methyl/N-ethyl adjacent to an activating group) is 1. The van der Waals surface area contributed by atoms with E-state index in [2.05, 4.69) is 10.6 Å². The lowest BCUT2D eigenvalue weighted by atomic mass is 10.0. The maximum absolute atomic E-state index is 12.2. The fourth-order valence-electron chi connectivity index (χ4n) is 2.21. The van der Waals surface area contributed by atoms with Crippen molar-refractivity contribution in [1.82, 2.24) is 10.6 Å². The highest BCUT2D eigenvalue weighted by Crippen LogP contribution is 2.20. The van der Waals surface area contributed by atoms with E-state index in [-0.39, 0.29) is 23.9 Å². The molecular formula is C13H20N2O2S. The minimum absolute atomic E-state index is 0.0698. The first-order chi connectivity index (χ1) is 8.72. The first kappa shape index (κ1) is 13.5. The summed E-state index contributed by atoms with van der Waals surface area (Å²) in [6, 6.07) is 4.26. The second kappa shape index (κ2) is 6.31. The van der Waals surface area contributed by atoms with Crippen LogP contribution in [0.2, 0.25) is 0 Å². The molecule has 1 fully saturated rings. The third-order valence-corrected chi connectivity index (χ3v) is 4.27. The Bertz CT molecular complexity index is 380. The van der Waals surface area contributed by atoms with Crippen molar-refractivity contribution in [2.75, 3.05) is 19.8 Å². The van der Waals surface area contributed by atoms with Gasteiger partial charge in [0.1, 0.15) is 0 Å². The minimum atomic E-state index is -0.0765. The van der Waals surface area contributed by atoms with E-state index in [9.17, 15) is 4.79 Å². The molecule has 0 spiro atoms. The van der Waals surface area contributed by atoms with Crippen LogP contribution < -0.4 is 10.6 Å². The van der Waals surface area contributed by atoms with Crippen molar-refractivity contribution in [3.8, 4) is 0 Å². The number of rotatable bonds is 5. The Morgan fingerprint density at radius 1 is 1.61 bits per heavy atom. The van der Waals surface area contributed by atoms with Gasteiger partial charge in [0.15, 0.2) is 0 Å². The summed E-state index contributed by atoms with van der Waals surface area (Å²) in [5.41, 5.74) is 0. The summed E-state index contributed by atoms with van der Waals surface area (Å²) in [5.74, 6) is 0.00622. The van der Waals surface area contributed by atoms with Crippen molar-refractivity contribution in [2.24, 2.45) is 5.92 Å². The van der Waals surface area contributed by atoms with Gasteiger partial charge in [-0.05, 0) is 24.9 Å². The van der Waals surface area contributed by atoms with Gasteiger partial charge in [0.25, 0.3) is 0 Å². The van der Waals surface area contributed by atoms with Crippen molar-refractivity contribution in [1.29, 1.82) is 0 Å². The third kappa shape index (κ3) is 3.10. The van der Waals surface area contributed by atoms with Gasteiger partial charge >= 0.3 is 0 Å². The van der Waals surface area contributed by atoms with Crippen LogP contribution in [-0.4, -0.2) is 31.7 Å². The number of nitrogens with one attached hydrogen (secondary N) is 2. The van der Waals surface area contributed by atoms with Crippen molar-refractivity contribution in [3.05, 3.63) is 22.4 Å². The summed E-state index contributed by atoms with van der Waals surface area (Å²) in [5, 5.41) is 8.39. The van der Waals surface area contributed by atoms with E-state index in [1.165, 1.54) is 4.88 Å². The number of ether oxygens (including phenoxy) is 1. The van der Waals surface area contributed by atoms with Gasteiger partial charge in [0.2, 0.25) is 5.91 Å². The van der Waals surface area contributed by atoms with Crippen LogP contribution in [-0.2, 0) is 9.53 Å². The molecule has 1 amide bonds. The van der Waals surface area contributed by atoms with Crippen molar-refractivity contribution in [2.45, 2.75) is 25.9 Å². The van der Waals surface area contributed by atoms with Gasteiger partial charge in [-0.3, -0.25) is 4.79 Å². The lowest BCUT2D eigenvalue weighted by Gasteiger charge is -2.20. The Hall–Kier alpha value is -0.910. The van der Waals surface area contributed by atoms with Crippen LogP contribution in [0.1, 0.15) is 24.8 Å². The van der Waals surface area contributed by atoms with E-state index in [0.29, 0.717) is 13.2 Å². The summed E-state index contributed by atoms with van der Waals surface area (Å²) >= 11 is 1.67. The smallest absolute Gasteiger partial charge is 0.227 e. The molecule has 1 aliphatic heterocycles. The summed E-state index contributed by atoms with van der Waals surface area (Å²) in [6.07, 6.45) is 0. The Kier molecular flexibility index (Phi) is 4.74. The molecule has 0 aliphatic carbocycles. The predicted molar refractivity (Wildman–Crippen MR) is 72.7 cm³/mol. The van der Waals surface area contributed by atoms with Gasteiger partial charge in [-0.25, -0.2) is 0 Å². The van der Waals surface area contributed by atoms with Crippen molar-refractivity contribution < 1.29 is 9.53 Å². The van der Waals surface area contributed by atoms with Gasteiger partial charge in [-0.2, -0.15) is 0 Å². The summed E-state index contributed by atoms with van der Waals surface area (Å²) in [4.78, 5) is 13.4. The van der Waals surface area contributed by atoms with Crippen LogP contribution in [0.5, 0.6) is 0 Å². The molecule has 5 heteroatoms. The average molecular weight is 268 g/mol. The molecule has 2 rings (SSSR count). The van der Waals surface area contributed by atoms with E-state index in [4.69, 9.17) is 4.74 Å². The first-order valence-corrected chi connectivity index (χ1v) is 7.25. The second-order valence-corrected chi connectivity index (χ2v) is 5.53. The zero-order valence-corrected chi connectivity index (χ0v) is 11.6. The summed E-state index contributed by atoms with van der Waals surface area (Å²) in [7, 11) is 0. The molecule has 0 aromatic carbocycles. The normalized spacial score (nSPS) is 25.0. The number of carbonyl (C=O) groups is 1. The quantitative estimate of drug-likeness (QED) is 0.852. The lowest BCUT2D eigenvalue weighted by molar-refractivity contribution is -0.126. The third-order valence-electron chi connectivity index (χ3n) is 3.21. The first-order valence-electron chi connectivity index (χ1n) is 6.37. The highest BCUT2D eigenvalue weighted by Gasteiger charge is 2.33. The Balaban J connectivity index is 1.91. The maximum Gasteiger partial charge on any atom is 0.227 e. The summed E-state index contributed by atoms with van der Waals surface area (Å²) < 4.78 is 5.39. The molecule has 3 atom stereocenters. The average Bonchev–Trinajstić information content (AvgIpc) is 3.00. The van der Waals surface area contributed by atoms with Gasteiger partial charge in [-0.1, -0.05) is 13.0 Å². The van der Waals surface area contributed by atoms with Crippen LogP contribution >= 0.6 is 11.3 Å². The van der Waals surface area contributed by atoms with Gasteiger partial charge in [-0.15, -0.1) is 11.3 Å². The van der Waals surface area contributed by atoms with E-state index in [1.807, 2.05) is 31.4 Å². The maximum atomic E-state index is 12.2. The molecule has 2 unspecified atom stereocenters. The Labute approximate surface area is 112 Å². The number of hydrogen-bond donors (Lipinski definition) is 2. The molecule has 100 valence electrons. The molecule has 0 bridgehead atoms. The standard InChI is InChI=1S/C13H20N2O2S/c1-3-14-11-8-17-7-10(11)13(16)15-9(2)12-5-4-6-18-12/h4-6,9-11,14H,3,7-8H2,1-2H3,(H,15,16)/t9-,10?,11?/m0/s1. The van der Waals surface area contributed by atoms with Gasteiger partial charge in [0, 0.05) is 10.9 Å². The molecule has 18 heavy (non-hydrogen) atoms. The van der Waals surface area contributed by atoms with Crippen LogP contribution in [0.15, 0.2) is 17.5 Å². The zero-order chi connectivity index (χ0) is 13.0. The van der Waals surface area contributed by atoms with Crippen molar-refractivity contribution >= 4 is 17.2 Å². The molecule has 2 heterocycles. The number of amides is 1.